The van der Waals surface area contributed by atoms with Gasteiger partial charge in [-0.3, -0.25) is 10.1 Å². The Morgan fingerprint density at radius 3 is 2.85 bits per heavy atom. The zero-order chi connectivity index (χ0) is 13.4. The predicted octanol–water partition coefficient (Wildman–Crippen LogP) is 4.73. The Bertz CT molecular complexity index is 708. The van der Waals surface area contributed by atoms with Crippen LogP contribution in [0, 0.1) is 0 Å². The highest BCUT2D eigenvalue weighted by molar-refractivity contribution is 7.08. The maximum absolute atomic E-state index is 4.62. The third kappa shape index (κ3) is 1.95. The van der Waals surface area contributed by atoms with Gasteiger partial charge in [0.25, 0.3) is 0 Å². The summed E-state index contributed by atoms with van der Waals surface area (Å²) in [6, 6.07) is 4.15. The van der Waals surface area contributed by atoms with Crippen LogP contribution in [0.4, 0.5) is 0 Å². The number of fused-ring (bicyclic) bond motifs is 1. The Kier molecular flexibility index (Phi) is 3.03. The second kappa shape index (κ2) is 5.02. The first-order chi connectivity index (χ1) is 9.93. The minimum atomic E-state index is 0.621. The fourth-order valence-corrected chi connectivity index (χ4v) is 3.93. The lowest BCUT2D eigenvalue weighted by atomic mass is 9.85. The minimum absolute atomic E-state index is 0.621. The van der Waals surface area contributed by atoms with E-state index in [-0.39, 0.29) is 0 Å². The van der Waals surface area contributed by atoms with E-state index in [1.807, 2.05) is 12.3 Å². The zero-order valence-electron chi connectivity index (χ0n) is 11.3. The predicted molar refractivity (Wildman–Crippen MR) is 83.0 cm³/mol. The van der Waals surface area contributed by atoms with Crippen LogP contribution >= 0.6 is 11.3 Å². The number of nitrogens with one attached hydrogen (secondary N) is 1. The van der Waals surface area contributed by atoms with Crippen LogP contribution in [0.25, 0.3) is 22.2 Å². The highest BCUT2D eigenvalue weighted by Gasteiger charge is 2.22. The molecule has 1 aliphatic rings. The molecule has 0 atom stereocenters. The molecule has 0 bridgehead atoms. The standard InChI is InChI=1S/C16H17N3S/c1-2-4-11(5-3-1)16-14-13(18-19-16)6-8-17-15(14)12-7-9-20-10-12/h6-11H,1-5H2,(H,18,19). The number of pyridine rings is 1. The van der Waals surface area contributed by atoms with Gasteiger partial charge in [-0.05, 0) is 30.4 Å². The Hall–Kier alpha value is -1.68. The lowest BCUT2D eigenvalue weighted by Crippen LogP contribution is -2.05. The van der Waals surface area contributed by atoms with Gasteiger partial charge >= 0.3 is 0 Å². The first-order valence-corrected chi connectivity index (χ1v) is 8.23. The van der Waals surface area contributed by atoms with E-state index in [2.05, 4.69) is 32.0 Å². The molecule has 4 rings (SSSR count). The average Bonchev–Trinajstić information content (AvgIpc) is 3.17. The van der Waals surface area contributed by atoms with Crippen molar-refractivity contribution in [1.29, 1.82) is 0 Å². The molecule has 3 aromatic rings. The lowest BCUT2D eigenvalue weighted by Gasteiger charge is -2.20. The van der Waals surface area contributed by atoms with Crippen molar-refractivity contribution in [1.82, 2.24) is 15.2 Å². The smallest absolute Gasteiger partial charge is 0.0961 e. The Morgan fingerprint density at radius 2 is 2.05 bits per heavy atom. The number of aromatic nitrogens is 3. The van der Waals surface area contributed by atoms with E-state index in [0.717, 1.165) is 11.2 Å². The number of H-pyrrole nitrogens is 1. The van der Waals surface area contributed by atoms with Crippen molar-refractivity contribution in [2.45, 2.75) is 38.0 Å². The molecule has 1 fully saturated rings. The average molecular weight is 283 g/mol. The van der Waals surface area contributed by atoms with Gasteiger partial charge in [0, 0.05) is 34.1 Å². The molecule has 1 N–H and O–H groups in total. The molecule has 20 heavy (non-hydrogen) atoms. The Balaban J connectivity index is 1.89. The van der Waals surface area contributed by atoms with Gasteiger partial charge in [0.2, 0.25) is 0 Å². The first kappa shape index (κ1) is 12.1. The largest absolute Gasteiger partial charge is 0.281 e. The second-order valence-electron chi connectivity index (χ2n) is 5.54. The topological polar surface area (TPSA) is 41.6 Å². The van der Waals surface area contributed by atoms with Gasteiger partial charge in [-0.1, -0.05) is 19.3 Å². The van der Waals surface area contributed by atoms with Gasteiger partial charge in [0.15, 0.2) is 0 Å². The van der Waals surface area contributed by atoms with Gasteiger partial charge in [-0.2, -0.15) is 16.4 Å². The summed E-state index contributed by atoms with van der Waals surface area (Å²) >= 11 is 1.72. The van der Waals surface area contributed by atoms with Crippen molar-refractivity contribution in [2.24, 2.45) is 0 Å². The maximum atomic E-state index is 4.62. The third-order valence-electron chi connectivity index (χ3n) is 4.30. The highest BCUT2D eigenvalue weighted by atomic mass is 32.1. The summed E-state index contributed by atoms with van der Waals surface area (Å²) in [6.07, 6.45) is 8.45. The molecule has 3 heterocycles. The number of hydrogen-bond donors (Lipinski definition) is 1. The van der Waals surface area contributed by atoms with E-state index in [9.17, 15) is 0 Å². The molecule has 4 heteroatoms. The van der Waals surface area contributed by atoms with E-state index >= 15 is 0 Å². The number of aromatic amines is 1. The number of thiophene rings is 1. The molecule has 0 saturated heterocycles. The minimum Gasteiger partial charge on any atom is -0.281 e. The summed E-state index contributed by atoms with van der Waals surface area (Å²) in [6.45, 7) is 0. The van der Waals surface area contributed by atoms with Crippen LogP contribution in [0.5, 0.6) is 0 Å². The second-order valence-corrected chi connectivity index (χ2v) is 6.32. The molecule has 0 spiro atoms. The molecule has 3 aromatic heterocycles. The van der Waals surface area contributed by atoms with Gasteiger partial charge < -0.3 is 0 Å². The molecule has 0 aromatic carbocycles. The molecule has 3 nitrogen and oxygen atoms in total. The van der Waals surface area contributed by atoms with E-state index in [1.54, 1.807) is 11.3 Å². The Morgan fingerprint density at radius 1 is 1.15 bits per heavy atom. The van der Waals surface area contributed by atoms with Crippen LogP contribution in [-0.2, 0) is 0 Å². The SMILES string of the molecule is c1cc2n[nH]c(C3CCCCC3)c2c(-c2ccsc2)n1. The number of hydrogen-bond acceptors (Lipinski definition) is 3. The van der Waals surface area contributed by atoms with E-state index in [1.165, 1.54) is 48.7 Å². The van der Waals surface area contributed by atoms with Gasteiger partial charge in [-0.25, -0.2) is 0 Å². The summed E-state index contributed by atoms with van der Waals surface area (Å²) < 4.78 is 0. The maximum Gasteiger partial charge on any atom is 0.0961 e. The molecule has 0 aliphatic heterocycles. The summed E-state index contributed by atoms with van der Waals surface area (Å²) in [5, 5.41) is 13.3. The fourth-order valence-electron chi connectivity index (χ4n) is 3.29. The summed E-state index contributed by atoms with van der Waals surface area (Å²) in [5.74, 6) is 0.621. The van der Waals surface area contributed by atoms with Crippen LogP contribution in [0.2, 0.25) is 0 Å². The van der Waals surface area contributed by atoms with Crippen LogP contribution in [-0.4, -0.2) is 15.2 Å². The molecule has 0 radical (unpaired) electrons. The molecule has 0 amide bonds. The van der Waals surface area contributed by atoms with Crippen molar-refractivity contribution in [3.63, 3.8) is 0 Å². The molecular formula is C16H17N3S. The molecule has 102 valence electrons. The highest BCUT2D eigenvalue weighted by Crippen LogP contribution is 2.38. The quantitative estimate of drug-likeness (QED) is 0.738. The van der Waals surface area contributed by atoms with Gasteiger partial charge in [0.05, 0.1) is 11.2 Å². The van der Waals surface area contributed by atoms with Crippen LogP contribution in [0.3, 0.4) is 0 Å². The van der Waals surface area contributed by atoms with Crippen LogP contribution in [0.1, 0.15) is 43.7 Å². The molecule has 0 unspecified atom stereocenters. The molecule has 1 saturated carbocycles. The normalized spacial score (nSPS) is 16.8. The van der Waals surface area contributed by atoms with Crippen molar-refractivity contribution in [2.75, 3.05) is 0 Å². The monoisotopic (exact) mass is 283 g/mol. The Labute approximate surface area is 122 Å². The van der Waals surface area contributed by atoms with Crippen LogP contribution in [0.15, 0.2) is 29.1 Å². The number of nitrogens with zero attached hydrogens (tertiary/aromatic N) is 2. The summed E-state index contributed by atoms with van der Waals surface area (Å²) in [7, 11) is 0. The fraction of sp³-hybridized carbons (Fsp3) is 0.375. The van der Waals surface area contributed by atoms with E-state index in [0.29, 0.717) is 5.92 Å². The van der Waals surface area contributed by atoms with Crippen molar-refractivity contribution in [3.8, 4) is 11.3 Å². The van der Waals surface area contributed by atoms with Crippen molar-refractivity contribution in [3.05, 3.63) is 34.8 Å². The third-order valence-corrected chi connectivity index (χ3v) is 4.99. The zero-order valence-corrected chi connectivity index (χ0v) is 12.1. The first-order valence-electron chi connectivity index (χ1n) is 7.29. The van der Waals surface area contributed by atoms with Gasteiger partial charge in [-0.15, -0.1) is 0 Å². The summed E-state index contributed by atoms with van der Waals surface area (Å²) in [4.78, 5) is 4.62. The lowest BCUT2D eigenvalue weighted by molar-refractivity contribution is 0.438. The molecule has 1 aliphatic carbocycles. The van der Waals surface area contributed by atoms with E-state index in [4.69, 9.17) is 0 Å². The van der Waals surface area contributed by atoms with Crippen molar-refractivity contribution >= 4 is 22.2 Å². The molecular weight excluding hydrogens is 266 g/mol. The van der Waals surface area contributed by atoms with Crippen LogP contribution < -0.4 is 0 Å². The van der Waals surface area contributed by atoms with E-state index < -0.39 is 0 Å². The van der Waals surface area contributed by atoms with Gasteiger partial charge in [0.1, 0.15) is 0 Å². The van der Waals surface area contributed by atoms with Crippen molar-refractivity contribution < 1.29 is 0 Å². The summed E-state index contributed by atoms with van der Waals surface area (Å²) in [5.41, 5.74) is 4.63. The number of rotatable bonds is 2.